The molecule has 0 aromatic heterocycles. The van der Waals surface area contributed by atoms with E-state index >= 15 is 0 Å². The van der Waals surface area contributed by atoms with Crippen molar-refractivity contribution in [3.05, 3.63) is 28.0 Å². The Morgan fingerprint density at radius 3 is 2.47 bits per heavy atom. The van der Waals surface area contributed by atoms with Crippen LogP contribution < -0.4 is 11.1 Å². The first-order valence-electron chi connectivity index (χ1n) is 5.16. The zero-order chi connectivity index (χ0) is 13.0. The van der Waals surface area contributed by atoms with Crippen molar-refractivity contribution in [2.45, 2.75) is 25.8 Å². The van der Waals surface area contributed by atoms with Gasteiger partial charge in [-0.25, -0.2) is 4.39 Å². The van der Waals surface area contributed by atoms with Crippen molar-refractivity contribution in [3.8, 4) is 0 Å². The van der Waals surface area contributed by atoms with Crippen molar-refractivity contribution in [2.24, 2.45) is 5.73 Å². The lowest BCUT2D eigenvalue weighted by Gasteiger charge is -2.13. The highest BCUT2D eigenvalue weighted by Crippen LogP contribution is 2.31. The highest BCUT2D eigenvalue weighted by Gasteiger charge is 2.16. The zero-order valence-electron chi connectivity index (χ0n) is 9.27. The van der Waals surface area contributed by atoms with Gasteiger partial charge in [0.1, 0.15) is 5.82 Å². The second kappa shape index (κ2) is 6.19. The minimum absolute atomic E-state index is 0.0482. The first-order chi connectivity index (χ1) is 7.95. The Balaban J connectivity index is 2.85. The monoisotopic (exact) mass is 278 g/mol. The van der Waals surface area contributed by atoms with Gasteiger partial charge in [0.2, 0.25) is 5.91 Å². The molecule has 3 N–H and O–H groups in total. The number of carbonyl (C=O) groups is 1. The summed E-state index contributed by atoms with van der Waals surface area (Å²) in [5.41, 5.74) is 5.82. The normalized spacial score (nSPS) is 12.3. The van der Waals surface area contributed by atoms with E-state index in [0.717, 1.165) is 18.6 Å². The molecular formula is C11H13Cl2FN2O. The molecule has 1 atom stereocenters. The summed E-state index contributed by atoms with van der Waals surface area (Å²) < 4.78 is 12.9. The molecule has 0 saturated heterocycles. The van der Waals surface area contributed by atoms with Gasteiger partial charge in [-0.15, -0.1) is 0 Å². The molecule has 1 aromatic carbocycles. The van der Waals surface area contributed by atoms with Crippen molar-refractivity contribution in [2.75, 3.05) is 5.32 Å². The van der Waals surface area contributed by atoms with E-state index in [2.05, 4.69) is 5.32 Å². The molecule has 0 bridgehead atoms. The fourth-order valence-corrected chi connectivity index (χ4v) is 1.87. The van der Waals surface area contributed by atoms with E-state index in [9.17, 15) is 9.18 Å². The van der Waals surface area contributed by atoms with Crippen molar-refractivity contribution >= 4 is 34.8 Å². The molecule has 0 aliphatic carbocycles. The summed E-state index contributed by atoms with van der Waals surface area (Å²) in [6.45, 7) is 1.92. The molecule has 6 heteroatoms. The van der Waals surface area contributed by atoms with E-state index in [1.807, 2.05) is 6.92 Å². The van der Waals surface area contributed by atoms with Gasteiger partial charge < -0.3 is 11.1 Å². The lowest BCUT2D eigenvalue weighted by atomic mass is 10.1. The maximum atomic E-state index is 12.9. The number of nitrogens with one attached hydrogen (secondary N) is 1. The largest absolute Gasteiger partial charge is 0.322 e. The number of halogens is 3. The minimum atomic E-state index is -0.628. The van der Waals surface area contributed by atoms with Crippen molar-refractivity contribution < 1.29 is 9.18 Å². The van der Waals surface area contributed by atoms with Crippen LogP contribution >= 0.6 is 23.2 Å². The van der Waals surface area contributed by atoms with Gasteiger partial charge in [0.05, 0.1) is 21.8 Å². The molecule has 0 spiro atoms. The maximum absolute atomic E-state index is 12.9. The third-order valence-electron chi connectivity index (χ3n) is 2.19. The number of anilines is 1. The van der Waals surface area contributed by atoms with Gasteiger partial charge in [-0.1, -0.05) is 36.5 Å². The third-order valence-corrected chi connectivity index (χ3v) is 2.79. The van der Waals surface area contributed by atoms with Gasteiger partial charge in [-0.05, 0) is 18.6 Å². The van der Waals surface area contributed by atoms with E-state index in [1.165, 1.54) is 0 Å². The second-order valence-corrected chi connectivity index (χ2v) is 4.44. The van der Waals surface area contributed by atoms with E-state index < -0.39 is 11.9 Å². The fraction of sp³-hybridized carbons (Fsp3) is 0.364. The summed E-state index contributed by atoms with van der Waals surface area (Å²) in [5, 5.41) is 2.59. The average Bonchev–Trinajstić information content (AvgIpc) is 2.23. The van der Waals surface area contributed by atoms with Crippen molar-refractivity contribution in [1.29, 1.82) is 0 Å². The van der Waals surface area contributed by atoms with E-state index in [4.69, 9.17) is 28.9 Å². The quantitative estimate of drug-likeness (QED) is 0.889. The molecule has 0 radical (unpaired) electrons. The topological polar surface area (TPSA) is 55.1 Å². The summed E-state index contributed by atoms with van der Waals surface area (Å²) in [5.74, 6) is -0.946. The molecule has 1 amide bonds. The Hall–Kier alpha value is -0.840. The van der Waals surface area contributed by atoms with Gasteiger partial charge in [-0.3, -0.25) is 4.79 Å². The van der Waals surface area contributed by atoms with Crippen LogP contribution in [0.25, 0.3) is 0 Å². The van der Waals surface area contributed by atoms with Crippen LogP contribution in [0.2, 0.25) is 10.0 Å². The SMILES string of the molecule is CCC[C@@H](N)C(=O)Nc1c(Cl)cc(F)cc1Cl. The Bertz CT molecular complexity index is 403. The Labute approximate surface area is 109 Å². The van der Waals surface area contributed by atoms with Crippen LogP contribution in [-0.2, 0) is 4.79 Å². The summed E-state index contributed by atoms with van der Waals surface area (Å²) in [6, 6.07) is 1.53. The average molecular weight is 279 g/mol. The predicted molar refractivity (Wildman–Crippen MR) is 67.9 cm³/mol. The van der Waals surface area contributed by atoms with Crippen LogP contribution in [0.4, 0.5) is 10.1 Å². The molecule has 3 nitrogen and oxygen atoms in total. The summed E-state index contributed by atoms with van der Waals surface area (Å²) in [6.07, 6.45) is 1.35. The molecule has 0 heterocycles. The lowest BCUT2D eigenvalue weighted by Crippen LogP contribution is -2.35. The van der Waals surface area contributed by atoms with Gasteiger partial charge in [0.25, 0.3) is 0 Å². The highest BCUT2D eigenvalue weighted by molar-refractivity contribution is 6.39. The Kier molecular flexibility index (Phi) is 5.18. The Morgan fingerprint density at radius 2 is 2.00 bits per heavy atom. The molecule has 1 rings (SSSR count). The first kappa shape index (κ1) is 14.2. The van der Waals surface area contributed by atoms with Crippen LogP contribution in [0.15, 0.2) is 12.1 Å². The Morgan fingerprint density at radius 1 is 1.47 bits per heavy atom. The van der Waals surface area contributed by atoms with Crippen LogP contribution in [0.3, 0.4) is 0 Å². The molecule has 0 aliphatic rings. The lowest BCUT2D eigenvalue weighted by molar-refractivity contribution is -0.117. The fourth-order valence-electron chi connectivity index (χ4n) is 1.32. The van der Waals surface area contributed by atoms with Crippen molar-refractivity contribution in [1.82, 2.24) is 0 Å². The molecule has 0 aliphatic heterocycles. The van der Waals surface area contributed by atoms with Gasteiger partial charge in [0.15, 0.2) is 0 Å². The summed E-state index contributed by atoms with van der Waals surface area (Å²) in [4.78, 5) is 11.6. The summed E-state index contributed by atoms with van der Waals surface area (Å²) >= 11 is 11.6. The third kappa shape index (κ3) is 3.84. The number of carbonyl (C=O) groups excluding carboxylic acids is 1. The van der Waals surface area contributed by atoms with Crippen molar-refractivity contribution in [3.63, 3.8) is 0 Å². The predicted octanol–water partition coefficient (Wildman–Crippen LogP) is 3.20. The second-order valence-electron chi connectivity index (χ2n) is 3.63. The van der Waals surface area contributed by atoms with E-state index in [-0.39, 0.29) is 21.6 Å². The number of benzene rings is 1. The van der Waals surface area contributed by atoms with Gasteiger partial charge in [-0.2, -0.15) is 0 Å². The van der Waals surface area contributed by atoms with Crippen LogP contribution in [-0.4, -0.2) is 11.9 Å². The number of hydrogen-bond donors (Lipinski definition) is 2. The molecule has 0 unspecified atom stereocenters. The number of amides is 1. The highest BCUT2D eigenvalue weighted by atomic mass is 35.5. The minimum Gasteiger partial charge on any atom is -0.322 e. The van der Waals surface area contributed by atoms with E-state index in [1.54, 1.807) is 0 Å². The first-order valence-corrected chi connectivity index (χ1v) is 5.92. The summed E-state index contributed by atoms with van der Waals surface area (Å²) in [7, 11) is 0. The molecule has 0 fully saturated rings. The van der Waals surface area contributed by atoms with E-state index in [0.29, 0.717) is 6.42 Å². The van der Waals surface area contributed by atoms with Crippen LogP contribution in [0.1, 0.15) is 19.8 Å². The zero-order valence-corrected chi connectivity index (χ0v) is 10.8. The van der Waals surface area contributed by atoms with Crippen LogP contribution in [0.5, 0.6) is 0 Å². The standard InChI is InChI=1S/C11H13Cl2FN2O/c1-2-3-9(15)11(17)16-10-7(12)4-6(14)5-8(10)13/h4-5,9H,2-3,15H2,1H3,(H,16,17)/t9-/m1/s1. The van der Waals surface area contributed by atoms with Crippen LogP contribution in [0, 0.1) is 5.82 Å². The molecular weight excluding hydrogens is 266 g/mol. The van der Waals surface area contributed by atoms with Gasteiger partial charge >= 0.3 is 0 Å². The molecule has 1 aromatic rings. The van der Waals surface area contributed by atoms with Gasteiger partial charge in [0, 0.05) is 0 Å². The molecule has 0 saturated carbocycles. The number of nitrogens with two attached hydrogens (primary N) is 1. The smallest absolute Gasteiger partial charge is 0.241 e. The molecule has 17 heavy (non-hydrogen) atoms. The maximum Gasteiger partial charge on any atom is 0.241 e. The molecule has 94 valence electrons. The number of rotatable bonds is 4. The number of hydrogen-bond acceptors (Lipinski definition) is 2.